The van der Waals surface area contributed by atoms with Crippen molar-refractivity contribution in [3.05, 3.63) is 52.1 Å². The highest BCUT2D eigenvalue weighted by molar-refractivity contribution is 5.79. The number of rotatable bonds is 8. The lowest BCUT2D eigenvalue weighted by atomic mass is 9.66. The Hall–Kier alpha value is -1.76. The van der Waals surface area contributed by atoms with Crippen LogP contribution >= 0.6 is 0 Å². The van der Waals surface area contributed by atoms with Gasteiger partial charge in [0.05, 0.1) is 6.10 Å². The van der Waals surface area contributed by atoms with Crippen LogP contribution in [0.25, 0.3) is 11.1 Å². The summed E-state index contributed by atoms with van der Waals surface area (Å²) in [6, 6.07) is 9.07. The molecule has 4 rings (SSSR count). The van der Waals surface area contributed by atoms with E-state index in [0.717, 1.165) is 5.75 Å². The predicted molar refractivity (Wildman–Crippen MR) is 162 cm³/mol. The van der Waals surface area contributed by atoms with Crippen LogP contribution < -0.4 is 4.74 Å². The molecule has 0 bridgehead atoms. The van der Waals surface area contributed by atoms with Gasteiger partial charge in [-0.15, -0.1) is 0 Å². The molecule has 0 aliphatic heterocycles. The lowest BCUT2D eigenvalue weighted by Crippen LogP contribution is -2.21. The van der Waals surface area contributed by atoms with Gasteiger partial charge >= 0.3 is 0 Å². The molecule has 0 amide bonds. The van der Waals surface area contributed by atoms with E-state index in [1.54, 1.807) is 33.4 Å². The van der Waals surface area contributed by atoms with Gasteiger partial charge in [-0.25, -0.2) is 0 Å². The first-order valence-corrected chi connectivity index (χ1v) is 15.7. The first-order chi connectivity index (χ1) is 17.7. The van der Waals surface area contributed by atoms with Gasteiger partial charge in [-0.2, -0.15) is 0 Å². The zero-order valence-electron chi connectivity index (χ0n) is 25.3. The van der Waals surface area contributed by atoms with Gasteiger partial charge in [0.1, 0.15) is 5.75 Å². The summed E-state index contributed by atoms with van der Waals surface area (Å²) in [4.78, 5) is 0. The van der Waals surface area contributed by atoms with Crippen molar-refractivity contribution >= 4 is 0 Å². The van der Waals surface area contributed by atoms with E-state index in [1.165, 1.54) is 69.8 Å². The highest BCUT2D eigenvalue weighted by Gasteiger charge is 2.35. The molecule has 0 N–H and O–H groups in total. The molecule has 2 fully saturated rings. The van der Waals surface area contributed by atoms with Gasteiger partial charge in [0.2, 0.25) is 0 Å². The standard InChI is InChI=1S/C36H54O/c1-23(2)31-34(27-16-11-9-12-17-27)32(24(3)4)36(29-20-15-21-30(22-29)37-26(7)8)33(25(5)6)35(31)28-18-13-10-14-19-28/h15,20-28H,9-14,16-19H2,1-8H3. The second kappa shape index (κ2) is 12.4. The quantitative estimate of drug-likeness (QED) is 0.349. The summed E-state index contributed by atoms with van der Waals surface area (Å²) in [6.45, 7) is 19.0. The van der Waals surface area contributed by atoms with Gasteiger partial charge in [0.25, 0.3) is 0 Å². The fourth-order valence-corrected chi connectivity index (χ4v) is 7.64. The maximum absolute atomic E-state index is 6.23. The average Bonchev–Trinajstić information content (AvgIpc) is 2.87. The highest BCUT2D eigenvalue weighted by atomic mass is 16.5. The average molecular weight is 503 g/mol. The molecule has 0 saturated heterocycles. The van der Waals surface area contributed by atoms with E-state index in [9.17, 15) is 0 Å². The van der Waals surface area contributed by atoms with Crippen molar-refractivity contribution in [1.29, 1.82) is 0 Å². The Morgan fingerprint density at radius 2 is 1.05 bits per heavy atom. The fourth-order valence-electron chi connectivity index (χ4n) is 7.64. The number of benzene rings is 2. The summed E-state index contributed by atoms with van der Waals surface area (Å²) in [6.07, 6.45) is 14.0. The van der Waals surface area contributed by atoms with E-state index in [2.05, 4.69) is 79.7 Å². The molecule has 0 spiro atoms. The molecule has 2 aromatic rings. The van der Waals surface area contributed by atoms with Gasteiger partial charge in [-0.3, -0.25) is 0 Å². The molecule has 0 heterocycles. The number of ether oxygens (including phenoxy) is 1. The predicted octanol–water partition coefficient (Wildman–Crippen LogP) is 11.6. The van der Waals surface area contributed by atoms with Crippen LogP contribution in [0.2, 0.25) is 0 Å². The van der Waals surface area contributed by atoms with Gasteiger partial charge in [-0.05, 0) is 120 Å². The summed E-state index contributed by atoms with van der Waals surface area (Å²) in [7, 11) is 0. The third-order valence-corrected chi connectivity index (χ3v) is 8.95. The molecular formula is C36H54O. The monoisotopic (exact) mass is 502 g/mol. The molecule has 0 radical (unpaired) electrons. The van der Waals surface area contributed by atoms with E-state index in [4.69, 9.17) is 4.74 Å². The van der Waals surface area contributed by atoms with Crippen molar-refractivity contribution in [3.63, 3.8) is 0 Å². The van der Waals surface area contributed by atoms with Crippen LogP contribution in [-0.2, 0) is 0 Å². The molecule has 37 heavy (non-hydrogen) atoms. The third-order valence-electron chi connectivity index (χ3n) is 8.95. The third kappa shape index (κ3) is 6.12. The molecule has 2 saturated carbocycles. The number of hydrogen-bond acceptors (Lipinski definition) is 1. The van der Waals surface area contributed by atoms with Crippen LogP contribution in [0.1, 0.15) is 177 Å². The molecule has 2 aromatic carbocycles. The SMILES string of the molecule is CC(C)Oc1cccc(-c2c(C(C)C)c(C3CCCCC3)c(C(C)C)c(C3CCCCC3)c2C(C)C)c1. The van der Waals surface area contributed by atoms with E-state index in [1.807, 2.05) is 0 Å². The zero-order chi connectivity index (χ0) is 26.7. The Morgan fingerprint density at radius 1 is 0.595 bits per heavy atom. The van der Waals surface area contributed by atoms with Crippen LogP contribution in [0.15, 0.2) is 24.3 Å². The van der Waals surface area contributed by atoms with Crippen LogP contribution in [0.3, 0.4) is 0 Å². The summed E-state index contributed by atoms with van der Waals surface area (Å²) >= 11 is 0. The Kier molecular flexibility index (Phi) is 9.47. The van der Waals surface area contributed by atoms with Gasteiger partial charge < -0.3 is 4.74 Å². The molecular weight excluding hydrogens is 448 g/mol. The van der Waals surface area contributed by atoms with E-state index >= 15 is 0 Å². The van der Waals surface area contributed by atoms with Gasteiger partial charge in [0, 0.05) is 0 Å². The smallest absolute Gasteiger partial charge is 0.120 e. The second-order valence-corrected chi connectivity index (χ2v) is 13.3. The van der Waals surface area contributed by atoms with Gasteiger partial charge in [-0.1, -0.05) is 92.2 Å². The van der Waals surface area contributed by atoms with Crippen LogP contribution in [0.5, 0.6) is 5.75 Å². The maximum atomic E-state index is 6.23. The first-order valence-electron chi connectivity index (χ1n) is 15.7. The van der Waals surface area contributed by atoms with Crippen molar-refractivity contribution in [2.24, 2.45) is 0 Å². The minimum atomic E-state index is 0.184. The Morgan fingerprint density at radius 3 is 1.46 bits per heavy atom. The maximum Gasteiger partial charge on any atom is 0.120 e. The van der Waals surface area contributed by atoms with Crippen molar-refractivity contribution in [2.75, 3.05) is 0 Å². The largest absolute Gasteiger partial charge is 0.491 e. The fraction of sp³-hybridized carbons (Fsp3) is 0.667. The van der Waals surface area contributed by atoms with E-state index in [-0.39, 0.29) is 6.10 Å². The second-order valence-electron chi connectivity index (χ2n) is 13.3. The Balaban J connectivity index is 2.12. The van der Waals surface area contributed by atoms with E-state index in [0.29, 0.717) is 29.6 Å². The molecule has 0 atom stereocenters. The van der Waals surface area contributed by atoms with Crippen molar-refractivity contribution in [1.82, 2.24) is 0 Å². The molecule has 0 unspecified atom stereocenters. The van der Waals surface area contributed by atoms with Crippen molar-refractivity contribution < 1.29 is 4.74 Å². The first kappa shape index (κ1) is 28.3. The van der Waals surface area contributed by atoms with Crippen molar-refractivity contribution in [2.45, 2.75) is 155 Å². The Labute approximate surface area is 228 Å². The molecule has 204 valence electrons. The molecule has 2 aliphatic rings. The highest BCUT2D eigenvalue weighted by Crippen LogP contribution is 2.53. The van der Waals surface area contributed by atoms with Crippen LogP contribution in [-0.4, -0.2) is 6.10 Å². The van der Waals surface area contributed by atoms with Crippen molar-refractivity contribution in [3.8, 4) is 16.9 Å². The summed E-state index contributed by atoms with van der Waals surface area (Å²) < 4.78 is 6.23. The molecule has 2 aliphatic carbocycles. The summed E-state index contributed by atoms with van der Waals surface area (Å²) in [5.41, 5.74) is 11.5. The minimum Gasteiger partial charge on any atom is -0.491 e. The topological polar surface area (TPSA) is 9.23 Å². The lowest BCUT2D eigenvalue weighted by Gasteiger charge is -2.39. The normalized spacial score (nSPS) is 17.9. The molecule has 1 heteroatoms. The minimum absolute atomic E-state index is 0.184. The summed E-state index contributed by atoms with van der Waals surface area (Å²) in [5.74, 6) is 3.98. The van der Waals surface area contributed by atoms with E-state index < -0.39 is 0 Å². The number of hydrogen-bond donors (Lipinski definition) is 0. The van der Waals surface area contributed by atoms with Crippen LogP contribution in [0.4, 0.5) is 0 Å². The summed E-state index contributed by atoms with van der Waals surface area (Å²) in [5, 5.41) is 0. The Bertz CT molecular complexity index is 978. The van der Waals surface area contributed by atoms with Gasteiger partial charge in [0.15, 0.2) is 0 Å². The van der Waals surface area contributed by atoms with Crippen LogP contribution in [0, 0.1) is 0 Å². The lowest BCUT2D eigenvalue weighted by molar-refractivity contribution is 0.242. The molecule has 1 nitrogen and oxygen atoms in total. The zero-order valence-corrected chi connectivity index (χ0v) is 25.3. The molecule has 0 aromatic heterocycles.